The molecule has 3 nitrogen and oxygen atoms in total. The Morgan fingerprint density at radius 3 is 2.35 bits per heavy atom. The van der Waals surface area contributed by atoms with Crippen LogP contribution in [-0.4, -0.2) is 16.5 Å². The summed E-state index contributed by atoms with van der Waals surface area (Å²) in [7, 11) is 0. The molecule has 2 aromatic rings. The lowest BCUT2D eigenvalue weighted by atomic mass is 10.0. The van der Waals surface area contributed by atoms with E-state index in [4.69, 9.17) is 4.98 Å². The standard InChI is InChI=1S/C17H21N3/c1-4-18-16-10-15(19-17(20-16)13-5-6-13)14-8-11(2)7-12(3)9-14/h7-10,13H,4-6H2,1-3H3,(H,18,19,20). The van der Waals surface area contributed by atoms with Gasteiger partial charge in [0.15, 0.2) is 0 Å². The van der Waals surface area contributed by atoms with E-state index in [9.17, 15) is 0 Å². The molecule has 1 aliphatic carbocycles. The Bertz CT molecular complexity index is 610. The van der Waals surface area contributed by atoms with Gasteiger partial charge in [-0.3, -0.25) is 0 Å². The molecule has 104 valence electrons. The molecular weight excluding hydrogens is 246 g/mol. The molecule has 0 bridgehead atoms. The van der Waals surface area contributed by atoms with E-state index in [0.717, 1.165) is 23.9 Å². The summed E-state index contributed by atoms with van der Waals surface area (Å²) in [5, 5.41) is 3.32. The normalized spacial score (nSPS) is 14.3. The minimum absolute atomic E-state index is 0.568. The zero-order valence-electron chi connectivity index (χ0n) is 12.4. The first-order valence-electron chi connectivity index (χ1n) is 7.37. The van der Waals surface area contributed by atoms with E-state index in [1.807, 2.05) is 0 Å². The molecule has 3 heteroatoms. The van der Waals surface area contributed by atoms with Crippen LogP contribution in [0.2, 0.25) is 0 Å². The SMILES string of the molecule is CCNc1cc(-c2cc(C)cc(C)c2)nc(C2CC2)n1. The van der Waals surface area contributed by atoms with Gasteiger partial charge >= 0.3 is 0 Å². The maximum atomic E-state index is 4.78. The summed E-state index contributed by atoms with van der Waals surface area (Å²) in [5.74, 6) is 2.51. The van der Waals surface area contributed by atoms with Gasteiger partial charge in [0.1, 0.15) is 11.6 Å². The highest BCUT2D eigenvalue weighted by Gasteiger charge is 2.27. The van der Waals surface area contributed by atoms with Crippen molar-refractivity contribution in [1.29, 1.82) is 0 Å². The molecule has 0 radical (unpaired) electrons. The van der Waals surface area contributed by atoms with E-state index in [1.54, 1.807) is 0 Å². The van der Waals surface area contributed by atoms with E-state index in [2.05, 4.69) is 55.3 Å². The number of nitrogens with one attached hydrogen (secondary N) is 1. The highest BCUT2D eigenvalue weighted by Crippen LogP contribution is 2.39. The van der Waals surface area contributed by atoms with Crippen molar-refractivity contribution in [2.45, 2.75) is 39.5 Å². The molecule has 0 atom stereocenters. The molecule has 0 saturated heterocycles. The Balaban J connectivity index is 2.06. The van der Waals surface area contributed by atoms with Crippen LogP contribution in [0.1, 0.15) is 42.6 Å². The number of aryl methyl sites for hydroxylation is 2. The van der Waals surface area contributed by atoms with Crippen LogP contribution in [-0.2, 0) is 0 Å². The first-order chi connectivity index (χ1) is 9.65. The van der Waals surface area contributed by atoms with Crippen molar-refractivity contribution >= 4 is 5.82 Å². The molecule has 3 rings (SSSR count). The Morgan fingerprint density at radius 2 is 1.75 bits per heavy atom. The van der Waals surface area contributed by atoms with Crippen LogP contribution in [0.3, 0.4) is 0 Å². The minimum Gasteiger partial charge on any atom is -0.370 e. The minimum atomic E-state index is 0.568. The molecule has 0 amide bonds. The fraction of sp³-hybridized carbons (Fsp3) is 0.412. The molecule has 1 fully saturated rings. The molecule has 1 N–H and O–H groups in total. The first kappa shape index (κ1) is 13.1. The molecule has 0 aliphatic heterocycles. The second kappa shape index (κ2) is 5.23. The second-order valence-corrected chi connectivity index (χ2v) is 5.68. The number of nitrogens with zero attached hydrogens (tertiary/aromatic N) is 2. The summed E-state index contributed by atoms with van der Waals surface area (Å²) in [6, 6.07) is 8.64. The Labute approximate surface area is 120 Å². The number of rotatable bonds is 4. The van der Waals surface area contributed by atoms with Crippen LogP contribution < -0.4 is 5.32 Å². The van der Waals surface area contributed by atoms with E-state index in [1.165, 1.54) is 29.5 Å². The van der Waals surface area contributed by atoms with Gasteiger partial charge in [-0.25, -0.2) is 9.97 Å². The van der Waals surface area contributed by atoms with Crippen molar-refractivity contribution in [3.63, 3.8) is 0 Å². The average molecular weight is 267 g/mol. The summed E-state index contributed by atoms with van der Waals surface area (Å²) in [6.07, 6.45) is 2.45. The molecule has 1 aromatic carbocycles. The van der Waals surface area contributed by atoms with Crippen LogP contribution in [0, 0.1) is 13.8 Å². The lowest BCUT2D eigenvalue weighted by Gasteiger charge is -2.10. The Hall–Kier alpha value is -1.90. The van der Waals surface area contributed by atoms with Crippen molar-refractivity contribution in [3.05, 3.63) is 41.2 Å². The van der Waals surface area contributed by atoms with Gasteiger partial charge in [-0.15, -0.1) is 0 Å². The molecule has 0 unspecified atom stereocenters. The predicted molar refractivity (Wildman–Crippen MR) is 83.1 cm³/mol. The third-order valence-corrected chi connectivity index (χ3v) is 3.56. The van der Waals surface area contributed by atoms with Crippen LogP contribution in [0.4, 0.5) is 5.82 Å². The lowest BCUT2D eigenvalue weighted by molar-refractivity contribution is 0.927. The summed E-state index contributed by atoms with van der Waals surface area (Å²) < 4.78 is 0. The number of aromatic nitrogens is 2. The quantitative estimate of drug-likeness (QED) is 0.907. The largest absolute Gasteiger partial charge is 0.370 e. The number of hydrogen-bond donors (Lipinski definition) is 1. The molecule has 0 spiro atoms. The summed E-state index contributed by atoms with van der Waals surface area (Å²) in [5.41, 5.74) is 4.77. The van der Waals surface area contributed by atoms with Gasteiger partial charge in [0.2, 0.25) is 0 Å². The lowest BCUT2D eigenvalue weighted by Crippen LogP contribution is -2.04. The molecule has 20 heavy (non-hydrogen) atoms. The maximum absolute atomic E-state index is 4.78. The summed E-state index contributed by atoms with van der Waals surface area (Å²) in [6.45, 7) is 7.23. The predicted octanol–water partition coefficient (Wildman–Crippen LogP) is 4.07. The van der Waals surface area contributed by atoms with Gasteiger partial charge < -0.3 is 5.32 Å². The summed E-state index contributed by atoms with van der Waals surface area (Å²) >= 11 is 0. The Kier molecular flexibility index (Phi) is 3.43. The zero-order chi connectivity index (χ0) is 14.1. The van der Waals surface area contributed by atoms with Crippen LogP contribution in [0.25, 0.3) is 11.3 Å². The topological polar surface area (TPSA) is 37.8 Å². The van der Waals surface area contributed by atoms with Crippen LogP contribution >= 0.6 is 0 Å². The fourth-order valence-corrected chi connectivity index (χ4v) is 2.53. The monoisotopic (exact) mass is 267 g/mol. The van der Waals surface area contributed by atoms with Gasteiger partial charge in [-0.2, -0.15) is 0 Å². The molecule has 1 aromatic heterocycles. The fourth-order valence-electron chi connectivity index (χ4n) is 2.53. The van der Waals surface area contributed by atoms with Gasteiger partial charge in [0, 0.05) is 24.1 Å². The molecule has 1 aliphatic rings. The van der Waals surface area contributed by atoms with Crippen molar-refractivity contribution in [1.82, 2.24) is 9.97 Å². The number of anilines is 1. The second-order valence-electron chi connectivity index (χ2n) is 5.68. The van der Waals surface area contributed by atoms with Crippen molar-refractivity contribution in [2.24, 2.45) is 0 Å². The van der Waals surface area contributed by atoms with E-state index in [-0.39, 0.29) is 0 Å². The average Bonchev–Trinajstić information content (AvgIpc) is 3.22. The van der Waals surface area contributed by atoms with E-state index in [0.29, 0.717) is 5.92 Å². The first-order valence-corrected chi connectivity index (χ1v) is 7.37. The van der Waals surface area contributed by atoms with E-state index >= 15 is 0 Å². The smallest absolute Gasteiger partial charge is 0.134 e. The van der Waals surface area contributed by atoms with E-state index < -0.39 is 0 Å². The van der Waals surface area contributed by atoms with Gasteiger partial charge in [-0.05, 0) is 45.7 Å². The third kappa shape index (κ3) is 2.82. The van der Waals surface area contributed by atoms with Crippen molar-refractivity contribution < 1.29 is 0 Å². The van der Waals surface area contributed by atoms with Crippen molar-refractivity contribution in [3.8, 4) is 11.3 Å². The van der Waals surface area contributed by atoms with Crippen LogP contribution in [0.15, 0.2) is 24.3 Å². The van der Waals surface area contributed by atoms with Gasteiger partial charge in [0.05, 0.1) is 5.69 Å². The van der Waals surface area contributed by atoms with Gasteiger partial charge in [-0.1, -0.05) is 17.2 Å². The zero-order valence-corrected chi connectivity index (χ0v) is 12.4. The number of hydrogen-bond acceptors (Lipinski definition) is 3. The highest BCUT2D eigenvalue weighted by molar-refractivity contribution is 5.64. The molecular formula is C17H21N3. The maximum Gasteiger partial charge on any atom is 0.134 e. The summed E-state index contributed by atoms with van der Waals surface area (Å²) in [4.78, 5) is 9.41. The molecule has 1 heterocycles. The van der Waals surface area contributed by atoms with Gasteiger partial charge in [0.25, 0.3) is 0 Å². The Morgan fingerprint density at radius 1 is 1.05 bits per heavy atom. The molecule has 1 saturated carbocycles. The van der Waals surface area contributed by atoms with Crippen molar-refractivity contribution in [2.75, 3.05) is 11.9 Å². The number of benzene rings is 1. The van der Waals surface area contributed by atoms with Crippen LogP contribution in [0.5, 0.6) is 0 Å². The third-order valence-electron chi connectivity index (χ3n) is 3.56. The highest BCUT2D eigenvalue weighted by atomic mass is 15.0.